The summed E-state index contributed by atoms with van der Waals surface area (Å²) < 4.78 is 1.55. The van der Waals surface area contributed by atoms with Crippen molar-refractivity contribution < 1.29 is 10.2 Å². The van der Waals surface area contributed by atoms with Crippen molar-refractivity contribution in [3.63, 3.8) is 0 Å². The predicted molar refractivity (Wildman–Crippen MR) is 101 cm³/mol. The molecule has 0 saturated heterocycles. The highest BCUT2D eigenvalue weighted by Crippen LogP contribution is 2.33. The van der Waals surface area contributed by atoms with E-state index in [1.807, 2.05) is 20.8 Å². The summed E-state index contributed by atoms with van der Waals surface area (Å²) in [6.45, 7) is 5.85. The summed E-state index contributed by atoms with van der Waals surface area (Å²) in [6, 6.07) is 6.58. The fraction of sp³-hybridized carbons (Fsp3) is 0.350. The summed E-state index contributed by atoms with van der Waals surface area (Å²) in [4.78, 5) is 22.0. The lowest BCUT2D eigenvalue weighted by Crippen LogP contribution is -2.25. The van der Waals surface area contributed by atoms with Gasteiger partial charge in [0.05, 0.1) is 28.9 Å². The fourth-order valence-corrected chi connectivity index (χ4v) is 3.15. The number of aromatic nitrogens is 3. The second-order valence-electron chi connectivity index (χ2n) is 6.68. The molecule has 0 spiro atoms. The van der Waals surface area contributed by atoms with E-state index in [0.29, 0.717) is 34.4 Å². The first kappa shape index (κ1) is 18.1. The van der Waals surface area contributed by atoms with Crippen LogP contribution in [0.15, 0.2) is 41.5 Å². The number of aliphatic hydroxyl groups excluding tert-OH is 1. The lowest BCUT2D eigenvalue weighted by atomic mass is 10.00. The van der Waals surface area contributed by atoms with Gasteiger partial charge in [-0.2, -0.15) is 0 Å². The molecule has 2 aromatic heterocycles. The van der Waals surface area contributed by atoms with Gasteiger partial charge in [0.15, 0.2) is 0 Å². The van der Waals surface area contributed by atoms with Crippen LogP contribution in [-0.2, 0) is 0 Å². The maximum absolute atomic E-state index is 13.2. The molecule has 0 bridgehead atoms. The third-order valence-corrected chi connectivity index (χ3v) is 4.40. The number of phenols is 1. The Labute approximate surface area is 151 Å². The van der Waals surface area contributed by atoms with E-state index in [2.05, 4.69) is 4.98 Å². The number of hydrogen-bond donors (Lipinski definition) is 2. The summed E-state index contributed by atoms with van der Waals surface area (Å²) in [5.74, 6) is 0.482. The van der Waals surface area contributed by atoms with Gasteiger partial charge in [-0.3, -0.25) is 14.3 Å². The van der Waals surface area contributed by atoms with Gasteiger partial charge in [-0.05, 0) is 30.7 Å². The minimum absolute atomic E-state index is 0.0363. The minimum Gasteiger partial charge on any atom is -0.507 e. The molecule has 3 aromatic rings. The van der Waals surface area contributed by atoms with Gasteiger partial charge in [0.1, 0.15) is 11.6 Å². The van der Waals surface area contributed by atoms with Gasteiger partial charge in [-0.15, -0.1) is 0 Å². The van der Waals surface area contributed by atoms with Gasteiger partial charge in [0.25, 0.3) is 5.56 Å². The van der Waals surface area contributed by atoms with E-state index in [-0.39, 0.29) is 17.2 Å². The van der Waals surface area contributed by atoms with Crippen molar-refractivity contribution in [2.45, 2.75) is 45.6 Å². The Morgan fingerprint density at radius 3 is 2.62 bits per heavy atom. The topological polar surface area (TPSA) is 88.2 Å². The first-order chi connectivity index (χ1) is 12.5. The highest BCUT2D eigenvalue weighted by molar-refractivity contribution is 5.84. The Morgan fingerprint density at radius 2 is 2.00 bits per heavy atom. The lowest BCUT2D eigenvalue weighted by molar-refractivity contribution is 0.164. The van der Waals surface area contributed by atoms with Crippen molar-refractivity contribution in [1.82, 2.24) is 14.5 Å². The van der Waals surface area contributed by atoms with E-state index in [0.717, 1.165) is 6.42 Å². The molecule has 1 atom stereocenters. The van der Waals surface area contributed by atoms with E-state index in [9.17, 15) is 15.0 Å². The number of aliphatic hydroxyl groups is 1. The summed E-state index contributed by atoms with van der Waals surface area (Å²) >= 11 is 0. The Balaban J connectivity index is 2.40. The summed E-state index contributed by atoms with van der Waals surface area (Å²) in [5, 5.41) is 21.1. The molecule has 1 unspecified atom stereocenters. The maximum Gasteiger partial charge on any atom is 0.266 e. The SMILES string of the molecule is CCCC(O)c1c(O)ccc2c(=O)n(-c3cccnc3)c(C(C)C)nc12. The second kappa shape index (κ2) is 7.25. The second-order valence-corrected chi connectivity index (χ2v) is 6.68. The van der Waals surface area contributed by atoms with Crippen LogP contribution in [0.25, 0.3) is 16.6 Å². The number of nitrogens with zero attached hydrogens (tertiary/aromatic N) is 3. The monoisotopic (exact) mass is 353 g/mol. The molecule has 0 radical (unpaired) electrons. The van der Waals surface area contributed by atoms with Crippen LogP contribution in [-0.4, -0.2) is 24.7 Å². The van der Waals surface area contributed by atoms with Crippen LogP contribution < -0.4 is 5.56 Å². The van der Waals surface area contributed by atoms with Crippen LogP contribution in [0.1, 0.15) is 57.0 Å². The van der Waals surface area contributed by atoms with E-state index in [1.165, 1.54) is 6.07 Å². The first-order valence-corrected chi connectivity index (χ1v) is 8.82. The summed E-state index contributed by atoms with van der Waals surface area (Å²) in [6.07, 6.45) is 3.63. The van der Waals surface area contributed by atoms with E-state index >= 15 is 0 Å². The van der Waals surface area contributed by atoms with Crippen LogP contribution in [0, 0.1) is 0 Å². The molecule has 6 heteroatoms. The van der Waals surface area contributed by atoms with E-state index in [1.54, 1.807) is 35.2 Å². The Bertz CT molecular complexity index is 981. The van der Waals surface area contributed by atoms with E-state index in [4.69, 9.17) is 4.98 Å². The zero-order valence-electron chi connectivity index (χ0n) is 15.2. The first-order valence-electron chi connectivity index (χ1n) is 8.82. The number of benzene rings is 1. The molecule has 0 fully saturated rings. The Kier molecular flexibility index (Phi) is 5.04. The van der Waals surface area contributed by atoms with Gasteiger partial charge in [0, 0.05) is 17.7 Å². The minimum atomic E-state index is -0.871. The van der Waals surface area contributed by atoms with E-state index < -0.39 is 6.10 Å². The number of pyridine rings is 1. The third-order valence-electron chi connectivity index (χ3n) is 4.40. The zero-order chi connectivity index (χ0) is 18.8. The maximum atomic E-state index is 13.2. The van der Waals surface area contributed by atoms with Gasteiger partial charge in [0.2, 0.25) is 0 Å². The highest BCUT2D eigenvalue weighted by Gasteiger charge is 2.22. The molecule has 2 N–H and O–H groups in total. The standard InChI is InChI=1S/C20H23N3O3/c1-4-6-15(24)17-16(25)9-8-14-18(17)22-19(12(2)3)23(20(14)26)13-7-5-10-21-11-13/h5,7-12,15,24-25H,4,6H2,1-3H3. The number of phenolic OH excluding ortho intramolecular Hbond substituents is 1. The van der Waals surface area contributed by atoms with Crippen LogP contribution in [0.3, 0.4) is 0 Å². The quantitative estimate of drug-likeness (QED) is 0.733. The number of rotatable bonds is 5. The average molecular weight is 353 g/mol. The molecule has 0 aliphatic carbocycles. The summed E-state index contributed by atoms with van der Waals surface area (Å²) in [5.41, 5.74) is 1.08. The van der Waals surface area contributed by atoms with Crippen LogP contribution in [0.4, 0.5) is 0 Å². The fourth-order valence-electron chi connectivity index (χ4n) is 3.15. The molecular weight excluding hydrogens is 330 g/mol. The van der Waals surface area contributed by atoms with Crippen molar-refractivity contribution in [3.8, 4) is 11.4 Å². The predicted octanol–water partition coefficient (Wildman–Crippen LogP) is 3.44. The average Bonchev–Trinajstić information content (AvgIpc) is 2.62. The van der Waals surface area contributed by atoms with Crippen molar-refractivity contribution in [1.29, 1.82) is 0 Å². The largest absolute Gasteiger partial charge is 0.507 e. The Hall–Kier alpha value is -2.73. The number of aromatic hydroxyl groups is 1. The van der Waals surface area contributed by atoms with Gasteiger partial charge < -0.3 is 10.2 Å². The highest BCUT2D eigenvalue weighted by atomic mass is 16.3. The van der Waals surface area contributed by atoms with Gasteiger partial charge >= 0.3 is 0 Å². The molecule has 3 rings (SSSR count). The van der Waals surface area contributed by atoms with Crippen molar-refractivity contribution in [2.24, 2.45) is 0 Å². The molecule has 0 aliphatic heterocycles. The van der Waals surface area contributed by atoms with Crippen LogP contribution >= 0.6 is 0 Å². The lowest BCUT2D eigenvalue weighted by Gasteiger charge is -2.19. The number of hydrogen-bond acceptors (Lipinski definition) is 5. The molecular formula is C20H23N3O3. The van der Waals surface area contributed by atoms with Crippen molar-refractivity contribution in [3.05, 3.63) is 58.4 Å². The third kappa shape index (κ3) is 3.08. The van der Waals surface area contributed by atoms with Crippen molar-refractivity contribution in [2.75, 3.05) is 0 Å². The molecule has 0 aliphatic rings. The smallest absolute Gasteiger partial charge is 0.266 e. The van der Waals surface area contributed by atoms with Crippen LogP contribution in [0.5, 0.6) is 5.75 Å². The summed E-state index contributed by atoms with van der Waals surface area (Å²) in [7, 11) is 0. The molecule has 1 aromatic carbocycles. The molecule has 26 heavy (non-hydrogen) atoms. The van der Waals surface area contributed by atoms with Crippen LogP contribution in [0.2, 0.25) is 0 Å². The van der Waals surface area contributed by atoms with Gasteiger partial charge in [-0.1, -0.05) is 27.2 Å². The van der Waals surface area contributed by atoms with Gasteiger partial charge in [-0.25, -0.2) is 4.98 Å². The molecule has 0 saturated carbocycles. The normalized spacial score (nSPS) is 12.7. The van der Waals surface area contributed by atoms with Crippen molar-refractivity contribution >= 4 is 10.9 Å². The molecule has 0 amide bonds. The molecule has 136 valence electrons. The molecule has 2 heterocycles. The zero-order valence-corrected chi connectivity index (χ0v) is 15.2. The Morgan fingerprint density at radius 1 is 1.23 bits per heavy atom. The molecule has 6 nitrogen and oxygen atoms in total. The number of fused-ring (bicyclic) bond motifs is 1.